The van der Waals surface area contributed by atoms with Crippen molar-refractivity contribution in [3.8, 4) is 11.1 Å². The Balaban J connectivity index is 1.30. The lowest BCUT2D eigenvalue weighted by Gasteiger charge is -2.28. The van der Waals surface area contributed by atoms with E-state index in [2.05, 4.69) is 0 Å². The van der Waals surface area contributed by atoms with Gasteiger partial charge in [0.1, 0.15) is 11.9 Å². The summed E-state index contributed by atoms with van der Waals surface area (Å²) in [6, 6.07) is 15.7. The highest BCUT2D eigenvalue weighted by Crippen LogP contribution is 2.38. The molecule has 0 radical (unpaired) electrons. The van der Waals surface area contributed by atoms with Crippen LogP contribution in [0, 0.1) is 17.5 Å². The number of ether oxygens (including phenoxy) is 2. The first kappa shape index (κ1) is 22.9. The normalized spacial score (nSPS) is 22.3. The van der Waals surface area contributed by atoms with E-state index in [4.69, 9.17) is 9.47 Å². The molecule has 1 unspecified atom stereocenters. The molecule has 1 heterocycles. The van der Waals surface area contributed by atoms with E-state index in [1.54, 1.807) is 37.4 Å². The molecular weight excluding hydrogens is 437 g/mol. The van der Waals surface area contributed by atoms with Crippen molar-refractivity contribution in [1.82, 2.24) is 0 Å². The maximum atomic E-state index is 15.0. The van der Waals surface area contributed by atoms with Gasteiger partial charge in [0.15, 0.2) is 11.6 Å². The van der Waals surface area contributed by atoms with Gasteiger partial charge in [-0.1, -0.05) is 60.7 Å². The second kappa shape index (κ2) is 9.77. The molecule has 1 saturated carbocycles. The molecule has 0 spiro atoms. The van der Waals surface area contributed by atoms with Crippen LogP contribution in [0.15, 0.2) is 54.6 Å². The van der Waals surface area contributed by atoms with Crippen molar-refractivity contribution in [2.45, 2.75) is 43.8 Å². The largest absolute Gasteiger partial charge is 0.381 e. The van der Waals surface area contributed by atoms with E-state index in [0.29, 0.717) is 23.3 Å². The molecule has 2 nitrogen and oxygen atoms in total. The monoisotopic (exact) mass is 464 g/mol. The van der Waals surface area contributed by atoms with Crippen molar-refractivity contribution in [2.75, 3.05) is 13.7 Å². The van der Waals surface area contributed by atoms with Crippen LogP contribution in [0.2, 0.25) is 0 Å². The van der Waals surface area contributed by atoms with Gasteiger partial charge in [-0.2, -0.15) is 0 Å². The van der Waals surface area contributed by atoms with Crippen molar-refractivity contribution in [3.05, 3.63) is 94.3 Å². The van der Waals surface area contributed by atoms with Crippen LogP contribution < -0.4 is 0 Å². The zero-order chi connectivity index (χ0) is 23.7. The first-order valence-electron chi connectivity index (χ1n) is 11.7. The van der Waals surface area contributed by atoms with Gasteiger partial charge < -0.3 is 9.47 Å². The molecule has 5 rings (SSSR count). The van der Waals surface area contributed by atoms with Gasteiger partial charge in [-0.15, -0.1) is 0 Å². The molecule has 0 N–H and O–H groups in total. The molecule has 1 aliphatic heterocycles. The fourth-order valence-corrected chi connectivity index (χ4v) is 4.81. The number of epoxide rings is 1. The number of benzene rings is 3. The molecule has 5 heteroatoms. The molecule has 0 bridgehead atoms. The molecule has 3 aromatic rings. The van der Waals surface area contributed by atoms with E-state index < -0.39 is 11.6 Å². The summed E-state index contributed by atoms with van der Waals surface area (Å²) >= 11 is 0. The van der Waals surface area contributed by atoms with Gasteiger partial charge >= 0.3 is 0 Å². The number of halogens is 3. The van der Waals surface area contributed by atoms with Gasteiger partial charge in [-0.05, 0) is 59.9 Å². The van der Waals surface area contributed by atoms with Crippen LogP contribution in [0.4, 0.5) is 13.2 Å². The molecule has 0 amide bonds. The van der Waals surface area contributed by atoms with E-state index in [-0.39, 0.29) is 29.5 Å². The second-order valence-corrected chi connectivity index (χ2v) is 9.10. The van der Waals surface area contributed by atoms with Crippen LogP contribution in [0.25, 0.3) is 23.3 Å². The number of methoxy groups -OCH3 is 1. The van der Waals surface area contributed by atoms with Crippen LogP contribution in [-0.4, -0.2) is 19.8 Å². The third kappa shape index (κ3) is 4.82. The highest BCUT2D eigenvalue weighted by Gasteiger charge is 2.28. The standard InChI is InChI=1S/C29H27F3O2/c1-33-22-11-9-21(10-12-22)24-15-14-23(28(31)29(24)32)20-7-4-18(5-8-20)2-3-19-6-13-25(26(30)16-19)27-17-34-27/h2-8,13-16,21-22,27H,9-12,17H2,1H3/b3-2+. The molecule has 2 aliphatic rings. The highest BCUT2D eigenvalue weighted by molar-refractivity contribution is 5.72. The molecule has 1 aliphatic carbocycles. The third-order valence-corrected chi connectivity index (χ3v) is 6.95. The van der Waals surface area contributed by atoms with Crippen LogP contribution in [0.3, 0.4) is 0 Å². The predicted molar refractivity (Wildman–Crippen MR) is 128 cm³/mol. The molecule has 1 saturated heterocycles. The molecule has 2 fully saturated rings. The van der Waals surface area contributed by atoms with Crippen LogP contribution in [-0.2, 0) is 9.47 Å². The Kier molecular flexibility index (Phi) is 6.57. The van der Waals surface area contributed by atoms with Crippen LogP contribution in [0.5, 0.6) is 0 Å². The lowest BCUT2D eigenvalue weighted by molar-refractivity contribution is 0.0655. The van der Waals surface area contributed by atoms with Crippen LogP contribution >= 0.6 is 0 Å². The minimum atomic E-state index is -0.801. The Labute approximate surface area is 198 Å². The van der Waals surface area contributed by atoms with Crippen molar-refractivity contribution < 1.29 is 22.6 Å². The van der Waals surface area contributed by atoms with Crippen molar-refractivity contribution in [3.63, 3.8) is 0 Å². The fourth-order valence-electron chi connectivity index (χ4n) is 4.81. The summed E-state index contributed by atoms with van der Waals surface area (Å²) in [5.41, 5.74) is 3.54. The van der Waals surface area contributed by atoms with Gasteiger partial charge in [-0.3, -0.25) is 0 Å². The predicted octanol–water partition coefficient (Wildman–Crippen LogP) is 7.69. The summed E-state index contributed by atoms with van der Waals surface area (Å²) in [7, 11) is 1.70. The zero-order valence-corrected chi connectivity index (χ0v) is 19.1. The molecule has 0 aromatic heterocycles. The quantitative estimate of drug-likeness (QED) is 0.276. The van der Waals surface area contributed by atoms with Gasteiger partial charge in [-0.25, -0.2) is 13.2 Å². The molecule has 1 atom stereocenters. The second-order valence-electron chi connectivity index (χ2n) is 9.10. The van der Waals surface area contributed by atoms with E-state index in [9.17, 15) is 13.2 Å². The average molecular weight is 465 g/mol. The molecule has 176 valence electrons. The summed E-state index contributed by atoms with van der Waals surface area (Å²) in [5.74, 6) is -1.79. The lowest BCUT2D eigenvalue weighted by atomic mass is 9.82. The number of hydrogen-bond donors (Lipinski definition) is 0. The summed E-state index contributed by atoms with van der Waals surface area (Å²) in [6.45, 7) is 0.570. The van der Waals surface area contributed by atoms with E-state index in [1.165, 1.54) is 6.07 Å². The fraction of sp³-hybridized carbons (Fsp3) is 0.310. The van der Waals surface area contributed by atoms with Crippen molar-refractivity contribution in [1.29, 1.82) is 0 Å². The number of rotatable bonds is 6. The van der Waals surface area contributed by atoms with Crippen molar-refractivity contribution in [2.24, 2.45) is 0 Å². The Hall–Kier alpha value is -2.89. The summed E-state index contributed by atoms with van der Waals surface area (Å²) in [4.78, 5) is 0. The van der Waals surface area contributed by atoms with Gasteiger partial charge in [0.05, 0.1) is 12.7 Å². The summed E-state index contributed by atoms with van der Waals surface area (Å²) in [6.07, 6.45) is 7.12. The molecule has 3 aromatic carbocycles. The van der Waals surface area contributed by atoms with Crippen molar-refractivity contribution >= 4 is 12.2 Å². The molecular formula is C29H27F3O2. The first-order valence-corrected chi connectivity index (χ1v) is 11.7. The smallest absolute Gasteiger partial charge is 0.166 e. The lowest BCUT2D eigenvalue weighted by Crippen LogP contribution is -2.20. The Morgan fingerprint density at radius 1 is 0.794 bits per heavy atom. The SMILES string of the molecule is COC1CCC(c2ccc(-c3ccc(/C=C/c4ccc(C5CO5)c(F)c4)cc3)c(F)c2F)CC1. The first-order chi connectivity index (χ1) is 16.5. The minimum absolute atomic E-state index is 0.0261. The minimum Gasteiger partial charge on any atom is -0.381 e. The zero-order valence-electron chi connectivity index (χ0n) is 19.1. The third-order valence-electron chi connectivity index (χ3n) is 6.95. The van der Waals surface area contributed by atoms with E-state index >= 15 is 0 Å². The highest BCUT2D eigenvalue weighted by atomic mass is 19.2. The van der Waals surface area contributed by atoms with E-state index in [0.717, 1.165) is 36.8 Å². The van der Waals surface area contributed by atoms with E-state index in [1.807, 2.05) is 30.4 Å². The van der Waals surface area contributed by atoms with Gasteiger partial charge in [0.25, 0.3) is 0 Å². The Morgan fingerprint density at radius 3 is 2.09 bits per heavy atom. The summed E-state index contributed by atoms with van der Waals surface area (Å²) < 4.78 is 54.6. The Bertz CT molecular complexity index is 1190. The number of hydrogen-bond acceptors (Lipinski definition) is 2. The van der Waals surface area contributed by atoms with Gasteiger partial charge in [0.2, 0.25) is 0 Å². The maximum absolute atomic E-state index is 15.0. The van der Waals surface area contributed by atoms with Gasteiger partial charge in [0, 0.05) is 18.2 Å². The Morgan fingerprint density at radius 2 is 1.44 bits per heavy atom. The van der Waals surface area contributed by atoms with Crippen LogP contribution in [0.1, 0.15) is 60.0 Å². The molecule has 34 heavy (non-hydrogen) atoms. The average Bonchev–Trinajstić information content (AvgIpc) is 3.70. The summed E-state index contributed by atoms with van der Waals surface area (Å²) in [5, 5.41) is 0. The maximum Gasteiger partial charge on any atom is 0.166 e. The topological polar surface area (TPSA) is 21.8 Å².